The Kier molecular flexibility index (Phi) is 10.7. The molecule has 1 aliphatic heterocycles. The summed E-state index contributed by atoms with van der Waals surface area (Å²) in [5.74, 6) is 1.78. The van der Waals surface area contributed by atoms with Gasteiger partial charge in [0, 0.05) is 36.9 Å². The number of fused-ring (bicyclic) bond motifs is 1. The first kappa shape index (κ1) is 38.6. The summed E-state index contributed by atoms with van der Waals surface area (Å²) in [5.41, 5.74) is 0.672. The Balaban J connectivity index is 1.26. The van der Waals surface area contributed by atoms with Crippen LogP contribution in [-0.4, -0.2) is 78.8 Å². The lowest BCUT2D eigenvalue weighted by Crippen LogP contribution is -2.65. The monoisotopic (exact) mass is 738 g/mol. The Hall–Kier alpha value is -5.13. The molecule has 12 heteroatoms. The molecule has 2 aromatic carbocycles. The molecule has 2 aliphatic rings. The van der Waals surface area contributed by atoms with E-state index >= 15 is 0 Å². The van der Waals surface area contributed by atoms with Gasteiger partial charge in [-0.05, 0) is 102 Å². The molecule has 1 aliphatic carbocycles. The lowest BCUT2D eigenvalue weighted by molar-refractivity contribution is -0.150. The van der Waals surface area contributed by atoms with Gasteiger partial charge in [-0.15, -0.1) is 0 Å². The maximum Gasteiger partial charge on any atom is 0.413 e. The fourth-order valence-corrected chi connectivity index (χ4v) is 7.52. The first-order chi connectivity index (χ1) is 25.4. The summed E-state index contributed by atoms with van der Waals surface area (Å²) in [4.78, 5) is 53.3. The van der Waals surface area contributed by atoms with Crippen LogP contribution in [0.3, 0.4) is 0 Å². The highest BCUT2D eigenvalue weighted by molar-refractivity contribution is 6.05. The van der Waals surface area contributed by atoms with E-state index in [0.29, 0.717) is 35.7 Å². The number of nitrogens with one attached hydrogen (secondary N) is 1. The molecule has 12 nitrogen and oxygen atoms in total. The molecule has 1 N–H and O–H groups in total. The fourth-order valence-electron chi connectivity index (χ4n) is 7.52. The van der Waals surface area contributed by atoms with Crippen molar-refractivity contribution in [3.8, 4) is 22.6 Å². The van der Waals surface area contributed by atoms with Crippen molar-refractivity contribution in [2.45, 2.75) is 117 Å². The maximum absolute atomic E-state index is 14.2. The molecule has 3 heterocycles. The van der Waals surface area contributed by atoms with Crippen LogP contribution in [0.15, 0.2) is 67.1 Å². The predicted molar refractivity (Wildman–Crippen MR) is 209 cm³/mol. The molecule has 0 bridgehead atoms. The number of carbonyl (C=O) groups excluding carboxylic acids is 3. The zero-order valence-corrected chi connectivity index (χ0v) is 33.0. The number of hydrogen-bond acceptors (Lipinski definition) is 8. The highest BCUT2D eigenvalue weighted by Crippen LogP contribution is 2.41. The lowest BCUT2D eigenvalue weighted by atomic mass is 9.82. The molecule has 3 amide bonds. The van der Waals surface area contributed by atoms with Crippen LogP contribution < -0.4 is 10.1 Å². The number of carbonyl (C=O) groups is 3. The van der Waals surface area contributed by atoms with Crippen LogP contribution in [0.5, 0.6) is 11.5 Å². The second-order valence-corrected chi connectivity index (χ2v) is 17.4. The number of anilines is 1. The van der Waals surface area contributed by atoms with Gasteiger partial charge in [-0.1, -0.05) is 51.1 Å². The van der Waals surface area contributed by atoms with Crippen LogP contribution in [0.4, 0.5) is 15.4 Å². The molecule has 6 rings (SSSR count). The Labute approximate surface area is 318 Å². The van der Waals surface area contributed by atoms with Crippen LogP contribution in [0.1, 0.15) is 94.0 Å². The number of rotatable bonds is 6. The first-order valence-corrected chi connectivity index (χ1v) is 18.9. The van der Waals surface area contributed by atoms with Crippen molar-refractivity contribution < 1.29 is 28.6 Å². The van der Waals surface area contributed by atoms with E-state index < -0.39 is 34.8 Å². The van der Waals surface area contributed by atoms with Crippen molar-refractivity contribution in [3.05, 3.63) is 67.1 Å². The van der Waals surface area contributed by atoms with Crippen LogP contribution in [-0.2, 0) is 14.3 Å². The largest absolute Gasteiger partial charge is 0.457 e. The Morgan fingerprint density at radius 2 is 1.37 bits per heavy atom. The molecule has 2 fully saturated rings. The zero-order chi connectivity index (χ0) is 39.0. The van der Waals surface area contributed by atoms with Crippen LogP contribution in [0.2, 0.25) is 0 Å². The summed E-state index contributed by atoms with van der Waals surface area (Å²) >= 11 is 0. The van der Waals surface area contributed by atoms with Gasteiger partial charge < -0.3 is 23.7 Å². The molecule has 1 saturated heterocycles. The molecule has 4 aromatic rings. The Morgan fingerprint density at radius 3 is 1.98 bits per heavy atom. The number of aromatic nitrogens is 3. The van der Waals surface area contributed by atoms with Crippen molar-refractivity contribution in [1.82, 2.24) is 24.3 Å². The van der Waals surface area contributed by atoms with E-state index in [9.17, 15) is 14.4 Å². The fraction of sp³-hybridized carbons (Fsp3) is 0.500. The molecule has 1 atom stereocenters. The second kappa shape index (κ2) is 14.9. The van der Waals surface area contributed by atoms with E-state index in [-0.39, 0.29) is 18.0 Å². The third-order valence-corrected chi connectivity index (χ3v) is 9.73. The van der Waals surface area contributed by atoms with E-state index in [1.165, 1.54) is 6.33 Å². The van der Waals surface area contributed by atoms with Gasteiger partial charge in [-0.2, -0.15) is 0 Å². The molecule has 2 aromatic heterocycles. The van der Waals surface area contributed by atoms with Gasteiger partial charge >= 0.3 is 12.2 Å². The van der Waals surface area contributed by atoms with Crippen molar-refractivity contribution in [1.29, 1.82) is 0 Å². The third-order valence-electron chi connectivity index (χ3n) is 9.73. The molecular formula is C42H54N6O6. The molecule has 1 saturated carbocycles. The third kappa shape index (κ3) is 8.80. The summed E-state index contributed by atoms with van der Waals surface area (Å²) in [5, 5.41) is 3.59. The number of para-hydroxylation sites is 1. The minimum absolute atomic E-state index is 0.0259. The SMILES string of the molecule is CC(C)(C)OC(=O)Nc1ncnc2c1c(-c1ccc(Oc3ccccc3)cc1)cn2C1CCC(N2CCN(C(=O)OC(C)(C)C)C(C(C)(C)C)C2=O)CC1. The number of ether oxygens (including phenoxy) is 3. The molecule has 0 radical (unpaired) electrons. The average Bonchev–Trinajstić information content (AvgIpc) is 3.47. The van der Waals surface area contributed by atoms with Crippen LogP contribution in [0.25, 0.3) is 22.2 Å². The Morgan fingerprint density at radius 1 is 0.759 bits per heavy atom. The van der Waals surface area contributed by atoms with Gasteiger partial charge in [0.15, 0.2) is 0 Å². The highest BCUT2D eigenvalue weighted by Gasteiger charge is 2.47. The van der Waals surface area contributed by atoms with Crippen molar-refractivity contribution in [3.63, 3.8) is 0 Å². The number of piperazine rings is 1. The predicted octanol–water partition coefficient (Wildman–Crippen LogP) is 9.22. The van der Waals surface area contributed by atoms with Crippen molar-refractivity contribution in [2.24, 2.45) is 5.41 Å². The molecule has 54 heavy (non-hydrogen) atoms. The summed E-state index contributed by atoms with van der Waals surface area (Å²) in [6.45, 7) is 17.9. The van der Waals surface area contributed by atoms with Gasteiger partial charge in [-0.25, -0.2) is 19.6 Å². The summed E-state index contributed by atoms with van der Waals surface area (Å²) < 4.78 is 19.5. The van der Waals surface area contributed by atoms with E-state index in [2.05, 4.69) is 21.1 Å². The summed E-state index contributed by atoms with van der Waals surface area (Å²) in [6.07, 6.45) is 5.74. The quantitative estimate of drug-likeness (QED) is 0.207. The van der Waals surface area contributed by atoms with Gasteiger partial charge in [0.05, 0.1) is 5.39 Å². The number of hydrogen-bond donors (Lipinski definition) is 1. The lowest BCUT2D eigenvalue weighted by Gasteiger charge is -2.49. The second-order valence-electron chi connectivity index (χ2n) is 17.4. The molecule has 0 spiro atoms. The van der Waals surface area contributed by atoms with Crippen LogP contribution in [0, 0.1) is 5.41 Å². The highest BCUT2D eigenvalue weighted by atomic mass is 16.6. The summed E-state index contributed by atoms with van der Waals surface area (Å²) in [7, 11) is 0. The smallest absolute Gasteiger partial charge is 0.413 e. The van der Waals surface area contributed by atoms with E-state index in [1.807, 2.05) is 122 Å². The standard InChI is InChI=1S/C42H54N6O6/c1-40(2,3)34-37(49)46(23-24-47(34)39(51)54-42(7,8)9)28-17-19-29(20-18-28)48-25-32(27-15-21-31(22-16-27)52-30-13-11-10-12-14-30)33-35(43-26-44-36(33)48)45-38(50)53-41(4,5)6/h10-16,21-22,25-26,28-29,34H,17-20,23-24H2,1-9H3,(H,43,44,45,50). The number of amides is 3. The van der Waals surface area contributed by atoms with E-state index in [4.69, 9.17) is 19.2 Å². The normalized spacial score (nSPS) is 19.8. The van der Waals surface area contributed by atoms with Gasteiger partial charge in [-0.3, -0.25) is 15.0 Å². The van der Waals surface area contributed by atoms with E-state index in [1.54, 1.807) is 4.90 Å². The first-order valence-electron chi connectivity index (χ1n) is 18.9. The minimum atomic E-state index is -0.686. The topological polar surface area (TPSA) is 128 Å². The van der Waals surface area contributed by atoms with Crippen LogP contribution >= 0.6 is 0 Å². The number of nitrogens with zero attached hydrogens (tertiary/aromatic N) is 5. The Bertz CT molecular complexity index is 1960. The van der Waals surface area contributed by atoms with Gasteiger partial charge in [0.2, 0.25) is 5.91 Å². The molecule has 1 unspecified atom stereocenters. The zero-order valence-electron chi connectivity index (χ0n) is 33.0. The molecule has 288 valence electrons. The van der Waals surface area contributed by atoms with Crippen molar-refractivity contribution in [2.75, 3.05) is 18.4 Å². The van der Waals surface area contributed by atoms with E-state index in [0.717, 1.165) is 42.6 Å². The van der Waals surface area contributed by atoms with Crippen molar-refractivity contribution >= 4 is 34.9 Å². The van der Waals surface area contributed by atoms with Gasteiger partial charge in [0.25, 0.3) is 0 Å². The average molecular weight is 739 g/mol. The molecular weight excluding hydrogens is 684 g/mol. The minimum Gasteiger partial charge on any atom is -0.457 e. The maximum atomic E-state index is 14.2. The number of benzene rings is 2. The summed E-state index contributed by atoms with van der Waals surface area (Å²) in [6, 6.07) is 17.0. The van der Waals surface area contributed by atoms with Gasteiger partial charge in [0.1, 0.15) is 46.5 Å².